The molecule has 100 valence electrons. The van der Waals surface area contributed by atoms with Gasteiger partial charge in [-0.1, -0.05) is 6.92 Å². The second-order valence-corrected chi connectivity index (χ2v) is 4.57. The zero-order chi connectivity index (χ0) is 13.7. The summed E-state index contributed by atoms with van der Waals surface area (Å²) in [6.45, 7) is 4.74. The molecule has 2 nitrogen and oxygen atoms in total. The van der Waals surface area contributed by atoms with Crippen molar-refractivity contribution in [2.24, 2.45) is 0 Å². The summed E-state index contributed by atoms with van der Waals surface area (Å²) < 4.78 is 25.9. The van der Waals surface area contributed by atoms with E-state index in [-0.39, 0.29) is 17.8 Å². The van der Waals surface area contributed by atoms with Gasteiger partial charge in [0, 0.05) is 30.6 Å². The number of carbonyl (C=O) groups excluding carboxylic acids is 1. The fraction of sp³-hybridized carbons (Fsp3) is 0.500. The third-order valence-electron chi connectivity index (χ3n) is 3.22. The smallest absolute Gasteiger partial charge is 0.164 e. The average Bonchev–Trinajstić information content (AvgIpc) is 2.33. The first-order valence-corrected chi connectivity index (χ1v) is 6.13. The molecule has 0 fully saturated rings. The maximum absolute atomic E-state index is 13.0. The molecule has 0 spiro atoms. The highest BCUT2D eigenvalue weighted by Gasteiger charge is 2.12. The van der Waals surface area contributed by atoms with Gasteiger partial charge in [0.2, 0.25) is 0 Å². The van der Waals surface area contributed by atoms with Crippen LogP contribution < -0.4 is 0 Å². The summed E-state index contributed by atoms with van der Waals surface area (Å²) in [5.41, 5.74) is 0.102. The standard InChI is InChI=1S/C14H19F2NO/c1-4-10(2)17(3)6-5-14(18)11-7-12(15)9-13(16)8-11/h7-10H,4-6H2,1-3H3. The lowest BCUT2D eigenvalue weighted by Gasteiger charge is -2.22. The molecule has 1 unspecified atom stereocenters. The summed E-state index contributed by atoms with van der Waals surface area (Å²) in [5, 5.41) is 0. The maximum atomic E-state index is 13.0. The van der Waals surface area contributed by atoms with Crippen molar-refractivity contribution in [3.63, 3.8) is 0 Å². The second-order valence-electron chi connectivity index (χ2n) is 4.57. The van der Waals surface area contributed by atoms with E-state index in [1.807, 2.05) is 7.05 Å². The number of hydrogen-bond acceptors (Lipinski definition) is 2. The summed E-state index contributed by atoms with van der Waals surface area (Å²) in [6.07, 6.45) is 1.27. The predicted octanol–water partition coefficient (Wildman–Crippen LogP) is 3.27. The summed E-state index contributed by atoms with van der Waals surface area (Å²) >= 11 is 0. The molecule has 4 heteroatoms. The van der Waals surface area contributed by atoms with Crippen LogP contribution in [0.3, 0.4) is 0 Å². The first-order valence-electron chi connectivity index (χ1n) is 6.13. The van der Waals surface area contributed by atoms with Crippen LogP contribution in [-0.2, 0) is 0 Å². The topological polar surface area (TPSA) is 20.3 Å². The normalized spacial score (nSPS) is 12.8. The van der Waals surface area contributed by atoms with Crippen LogP contribution in [0.4, 0.5) is 8.78 Å². The molecule has 1 rings (SSSR count). The predicted molar refractivity (Wildman–Crippen MR) is 67.7 cm³/mol. The molecule has 0 bridgehead atoms. The number of halogens is 2. The van der Waals surface area contributed by atoms with Crippen molar-refractivity contribution in [2.75, 3.05) is 13.6 Å². The molecule has 0 aliphatic carbocycles. The Hall–Kier alpha value is -1.29. The Kier molecular flexibility index (Phi) is 5.41. The second kappa shape index (κ2) is 6.59. The van der Waals surface area contributed by atoms with Gasteiger partial charge in [0.25, 0.3) is 0 Å². The van der Waals surface area contributed by atoms with E-state index >= 15 is 0 Å². The first-order chi connectivity index (χ1) is 8.43. The minimum Gasteiger partial charge on any atom is -0.303 e. The van der Waals surface area contributed by atoms with Crippen LogP contribution in [0.2, 0.25) is 0 Å². The van der Waals surface area contributed by atoms with Crippen molar-refractivity contribution in [3.05, 3.63) is 35.4 Å². The van der Waals surface area contributed by atoms with Gasteiger partial charge >= 0.3 is 0 Å². The van der Waals surface area contributed by atoms with E-state index in [0.717, 1.165) is 24.6 Å². The van der Waals surface area contributed by atoms with Crippen LogP contribution in [0.1, 0.15) is 37.0 Å². The molecule has 1 aromatic rings. The van der Waals surface area contributed by atoms with E-state index in [2.05, 4.69) is 18.7 Å². The lowest BCUT2D eigenvalue weighted by molar-refractivity contribution is 0.0960. The van der Waals surface area contributed by atoms with Crippen LogP contribution in [0.5, 0.6) is 0 Å². The van der Waals surface area contributed by atoms with Crippen LogP contribution in [0, 0.1) is 11.6 Å². The highest BCUT2D eigenvalue weighted by molar-refractivity contribution is 5.96. The first kappa shape index (κ1) is 14.8. The van der Waals surface area contributed by atoms with Gasteiger partial charge in [-0.25, -0.2) is 8.78 Å². The summed E-state index contributed by atoms with van der Waals surface area (Å²) in [6, 6.07) is 3.31. The molecule has 0 saturated heterocycles. The average molecular weight is 255 g/mol. The van der Waals surface area contributed by atoms with E-state index in [1.54, 1.807) is 0 Å². The summed E-state index contributed by atoms with van der Waals surface area (Å²) in [5.74, 6) is -1.66. The number of ketones is 1. The third kappa shape index (κ3) is 4.18. The van der Waals surface area contributed by atoms with Crippen LogP contribution in [-0.4, -0.2) is 30.3 Å². The lowest BCUT2D eigenvalue weighted by Crippen LogP contribution is -2.30. The van der Waals surface area contributed by atoms with Crippen molar-refractivity contribution in [2.45, 2.75) is 32.7 Å². The van der Waals surface area contributed by atoms with Crippen molar-refractivity contribution < 1.29 is 13.6 Å². The Morgan fingerprint density at radius 2 is 1.83 bits per heavy atom. The fourth-order valence-electron chi connectivity index (χ4n) is 1.67. The zero-order valence-electron chi connectivity index (χ0n) is 11.0. The number of rotatable bonds is 6. The fourth-order valence-corrected chi connectivity index (χ4v) is 1.67. The third-order valence-corrected chi connectivity index (χ3v) is 3.22. The van der Waals surface area contributed by atoms with Crippen molar-refractivity contribution in [1.82, 2.24) is 4.90 Å². The largest absolute Gasteiger partial charge is 0.303 e. The molecule has 1 aromatic carbocycles. The van der Waals surface area contributed by atoms with Gasteiger partial charge < -0.3 is 4.90 Å². The Morgan fingerprint density at radius 3 is 2.33 bits per heavy atom. The van der Waals surface area contributed by atoms with Gasteiger partial charge in [-0.15, -0.1) is 0 Å². The molecule has 0 aliphatic rings. The van der Waals surface area contributed by atoms with Gasteiger partial charge in [-0.2, -0.15) is 0 Å². The molecule has 0 radical (unpaired) electrons. The van der Waals surface area contributed by atoms with E-state index in [4.69, 9.17) is 0 Å². The van der Waals surface area contributed by atoms with Crippen LogP contribution in [0.15, 0.2) is 18.2 Å². The van der Waals surface area contributed by atoms with E-state index in [1.165, 1.54) is 0 Å². The van der Waals surface area contributed by atoms with Gasteiger partial charge in [-0.3, -0.25) is 4.79 Å². The minimum absolute atomic E-state index is 0.102. The Labute approximate surface area is 107 Å². The highest BCUT2D eigenvalue weighted by atomic mass is 19.1. The number of nitrogens with zero attached hydrogens (tertiary/aromatic N) is 1. The molecule has 0 N–H and O–H groups in total. The Balaban J connectivity index is 2.60. The molecule has 0 saturated carbocycles. The number of benzene rings is 1. The van der Waals surface area contributed by atoms with E-state index < -0.39 is 11.6 Å². The van der Waals surface area contributed by atoms with Gasteiger partial charge in [0.15, 0.2) is 5.78 Å². The number of carbonyl (C=O) groups is 1. The molecule has 0 heterocycles. The summed E-state index contributed by atoms with van der Waals surface area (Å²) in [4.78, 5) is 13.9. The van der Waals surface area contributed by atoms with E-state index in [9.17, 15) is 13.6 Å². The summed E-state index contributed by atoms with van der Waals surface area (Å²) in [7, 11) is 1.94. The number of Topliss-reactive ketones (excluding diaryl/α,β-unsaturated/α-hetero) is 1. The lowest BCUT2D eigenvalue weighted by atomic mass is 10.1. The molecule has 0 aliphatic heterocycles. The van der Waals surface area contributed by atoms with Crippen molar-refractivity contribution in [1.29, 1.82) is 0 Å². The van der Waals surface area contributed by atoms with Gasteiger partial charge in [-0.05, 0) is 32.5 Å². The molecule has 0 amide bonds. The monoisotopic (exact) mass is 255 g/mol. The van der Waals surface area contributed by atoms with Crippen LogP contribution in [0.25, 0.3) is 0 Å². The Bertz CT molecular complexity index is 400. The molecule has 18 heavy (non-hydrogen) atoms. The molecule has 1 atom stereocenters. The zero-order valence-corrected chi connectivity index (χ0v) is 11.0. The molecular formula is C14H19F2NO. The van der Waals surface area contributed by atoms with Gasteiger partial charge in [0.05, 0.1) is 0 Å². The van der Waals surface area contributed by atoms with E-state index in [0.29, 0.717) is 12.6 Å². The highest BCUT2D eigenvalue weighted by Crippen LogP contribution is 2.11. The molecular weight excluding hydrogens is 236 g/mol. The minimum atomic E-state index is -0.714. The Morgan fingerprint density at radius 1 is 1.28 bits per heavy atom. The van der Waals surface area contributed by atoms with Gasteiger partial charge in [0.1, 0.15) is 11.6 Å². The van der Waals surface area contributed by atoms with Crippen molar-refractivity contribution in [3.8, 4) is 0 Å². The molecule has 0 aromatic heterocycles. The van der Waals surface area contributed by atoms with Crippen molar-refractivity contribution >= 4 is 5.78 Å². The maximum Gasteiger partial charge on any atom is 0.164 e. The SMILES string of the molecule is CCC(C)N(C)CCC(=O)c1cc(F)cc(F)c1. The quantitative estimate of drug-likeness (QED) is 0.727. The number of hydrogen-bond donors (Lipinski definition) is 0. The van der Waals surface area contributed by atoms with Crippen LogP contribution >= 0.6 is 0 Å².